The summed E-state index contributed by atoms with van der Waals surface area (Å²) in [5.41, 5.74) is 0.0582. The van der Waals surface area contributed by atoms with Gasteiger partial charge in [-0.3, -0.25) is 9.59 Å². The third kappa shape index (κ3) is 50.8. The Morgan fingerprint density at radius 1 is 0.783 bits per heavy atom. The van der Waals surface area contributed by atoms with E-state index in [9.17, 15) is 9.59 Å². The molecular weight excluding hydrogens is 781 g/mol. The Morgan fingerprint density at radius 2 is 1.07 bits per heavy atom. The summed E-state index contributed by atoms with van der Waals surface area (Å²) in [4.78, 5) is 36.8. The van der Waals surface area contributed by atoms with Crippen LogP contribution in [0.25, 0.3) is 23.1 Å². The molecule has 0 bridgehead atoms. The van der Waals surface area contributed by atoms with E-state index in [1.807, 2.05) is 0 Å². The predicted molar refractivity (Wildman–Crippen MR) is 205 cm³/mol. The van der Waals surface area contributed by atoms with Gasteiger partial charge in [0.25, 0.3) is 5.70 Å². The quantitative estimate of drug-likeness (QED) is 0.0854. The van der Waals surface area contributed by atoms with E-state index in [1.54, 1.807) is 85.6 Å². The average Bonchev–Trinajstić information content (AvgIpc) is 3.78. The van der Waals surface area contributed by atoms with Crippen molar-refractivity contribution in [3.8, 4) is 6.07 Å². The summed E-state index contributed by atoms with van der Waals surface area (Å²) in [5, 5.41) is 8.39. The number of carbonyl (C=O) groups is 2. The Labute approximate surface area is 298 Å². The Hall–Kier alpha value is -2.83. The first-order chi connectivity index (χ1) is 21.8. The minimum atomic E-state index is -0.667. The van der Waals surface area contributed by atoms with Gasteiger partial charge in [-0.05, 0) is 72.9 Å². The molecule has 3 aromatic heterocycles. The fourth-order valence-electron chi connectivity index (χ4n) is 1.76. The topological polar surface area (TPSA) is 102 Å². The third-order valence-electron chi connectivity index (χ3n) is 3.06. The zero-order valence-electron chi connectivity index (χ0n) is 27.5. The van der Waals surface area contributed by atoms with Gasteiger partial charge in [-0.1, -0.05) is 6.08 Å². The number of nitriles is 1. The number of hydrogen-bond donors (Lipinski definition) is 0. The zero-order chi connectivity index (χ0) is 36.0. The third-order valence-corrected chi connectivity index (χ3v) is 3.06. The molecule has 0 unspecified atom stereocenters. The normalized spacial score (nSPS) is 9.48. The maximum atomic E-state index is 9.77. The van der Waals surface area contributed by atoms with Crippen molar-refractivity contribution in [2.45, 2.75) is 29.6 Å². The molecule has 0 aliphatic carbocycles. The summed E-state index contributed by atoms with van der Waals surface area (Å²) >= 11 is -1.27. The number of rotatable bonds is 6. The van der Waals surface area contributed by atoms with Gasteiger partial charge >= 0.3 is 69.2 Å². The van der Waals surface area contributed by atoms with E-state index in [1.165, 1.54) is 18.2 Å². The van der Waals surface area contributed by atoms with Gasteiger partial charge < -0.3 is 13.3 Å². The molecule has 0 aromatic carbocycles. The molecule has 0 amide bonds. The van der Waals surface area contributed by atoms with Crippen molar-refractivity contribution in [2.75, 3.05) is 0 Å². The van der Waals surface area contributed by atoms with Crippen LogP contribution in [0.4, 0.5) is 0 Å². The molecule has 0 atom stereocenters. The van der Waals surface area contributed by atoms with E-state index >= 15 is 0 Å². The Morgan fingerprint density at radius 3 is 1.26 bits per heavy atom. The van der Waals surface area contributed by atoms with E-state index in [4.69, 9.17) is 25.1 Å². The standard InChI is InChI=1S/C10H6N2O.2C7H6O2.6CH3.B4.B3.2Sn.2H/c1-12-9(8-11)4-2-5-10-6-3-7-13-10;2*8-5-1-3-7-4-2-6-9-7;;;;;;;1-4(2)3;1-3-2;;;;/h2-7H;2*1-6H;6*1H3;;;;;;/b5-2+,9-4-;2*3-1+;;;;;;;;;;;;. The molecule has 227 valence electrons. The van der Waals surface area contributed by atoms with E-state index in [0.717, 1.165) is 7.06 Å². The van der Waals surface area contributed by atoms with Gasteiger partial charge in [-0.2, -0.15) is 0 Å². The maximum absolute atomic E-state index is 9.77. The van der Waals surface area contributed by atoms with E-state index in [2.05, 4.69) is 73.2 Å². The molecule has 0 saturated carbocycles. The minimum absolute atomic E-state index is 0.0582. The SMILES string of the molecule is O=C/C=C/c1ccco1.O=C/C=C/c1ccco1.[B]B([B])[B].[B][B][B].[C-]#[N+]/C(C#N)=C\C=C\c1ccco1.[CH3][SnH]([CH3])[CH3].[CH3][SnH]([CH3])[CH3]. The molecule has 0 N–H and O–H groups in total. The molecule has 7 nitrogen and oxygen atoms in total. The van der Waals surface area contributed by atoms with E-state index < -0.39 is 45.9 Å². The van der Waals surface area contributed by atoms with Crippen LogP contribution < -0.4 is 0 Å². The van der Waals surface area contributed by atoms with E-state index in [-0.39, 0.29) is 5.70 Å². The van der Waals surface area contributed by atoms with Crippen molar-refractivity contribution < 1.29 is 22.8 Å². The zero-order valence-corrected chi connectivity index (χ0v) is 34.1. The molecule has 0 spiro atoms. The van der Waals surface area contributed by atoms with Gasteiger partial charge in [-0.15, -0.1) is 0 Å². The first-order valence-electron chi connectivity index (χ1n) is 13.9. The summed E-state index contributed by atoms with van der Waals surface area (Å²) in [5.74, 6) is 2.09. The summed E-state index contributed by atoms with van der Waals surface area (Å²) in [7, 11) is 24.0. The number of carbonyl (C=O) groups excluding carboxylic acids is 2. The number of furan rings is 3. The molecule has 3 aromatic rings. The number of hydrogen-bond acceptors (Lipinski definition) is 6. The van der Waals surface area contributed by atoms with Crippen molar-refractivity contribution in [1.29, 1.82) is 5.26 Å². The summed E-state index contributed by atoms with van der Waals surface area (Å²) in [6, 6.07) is 12.4. The molecule has 0 fully saturated rings. The Kier molecular flexibility index (Phi) is 43.7. The van der Waals surface area contributed by atoms with Crippen LogP contribution in [-0.4, -0.2) is 104 Å². The average molecular weight is 820 g/mol. The first-order valence-corrected chi connectivity index (χ1v) is 33.6. The first kappa shape index (κ1) is 50.0. The number of allylic oxidation sites excluding steroid dienone is 5. The van der Waals surface area contributed by atoms with Gasteiger partial charge in [0.05, 0.1) is 31.4 Å². The summed E-state index contributed by atoms with van der Waals surface area (Å²) in [6.07, 6.45) is 16.1. The molecule has 46 heavy (non-hydrogen) atoms. The van der Waals surface area contributed by atoms with Crippen LogP contribution in [0.15, 0.2) is 98.4 Å². The second-order valence-electron chi connectivity index (χ2n) is 9.41. The molecule has 0 aliphatic heterocycles. The second kappa shape index (κ2) is 40.2. The van der Waals surface area contributed by atoms with Crippen LogP contribution >= 0.6 is 0 Å². The predicted octanol–water partition coefficient (Wildman–Crippen LogP) is 5.14. The Balaban J connectivity index is -0.000000240. The van der Waals surface area contributed by atoms with Gasteiger partial charge in [0, 0.05) is 52.1 Å². The van der Waals surface area contributed by atoms with Crippen LogP contribution in [0, 0.1) is 17.9 Å². The Bertz CT molecular complexity index is 1180. The molecule has 11 radical (unpaired) electrons. The molecule has 3 rings (SSSR count). The molecule has 0 aliphatic rings. The van der Waals surface area contributed by atoms with E-state index in [0.29, 0.717) is 29.9 Å². The van der Waals surface area contributed by atoms with Crippen LogP contribution in [0.5, 0.6) is 0 Å². The number of aldehydes is 2. The van der Waals surface area contributed by atoms with Crippen molar-refractivity contribution in [3.05, 3.63) is 114 Å². The van der Waals surface area contributed by atoms with Gasteiger partial charge in [0.1, 0.15) is 29.9 Å². The van der Waals surface area contributed by atoms with Crippen molar-refractivity contribution in [1.82, 2.24) is 0 Å². The van der Waals surface area contributed by atoms with Gasteiger partial charge in [0.2, 0.25) is 0 Å². The molecule has 0 saturated heterocycles. The van der Waals surface area contributed by atoms with Gasteiger partial charge in [-0.25, -0.2) is 10.1 Å². The molecule has 3 heterocycles. The molecular formula is C30H38B7N2O5Sn2. The monoisotopic (exact) mass is 823 g/mol. The number of nitrogens with zero attached hydrogens (tertiary/aromatic N) is 2. The van der Waals surface area contributed by atoms with Crippen LogP contribution in [-0.2, 0) is 9.59 Å². The fourth-order valence-corrected chi connectivity index (χ4v) is 1.76. The van der Waals surface area contributed by atoms with Crippen LogP contribution in [0.3, 0.4) is 0 Å². The fraction of sp³-hybridized carbons (Fsp3) is 0.200. The van der Waals surface area contributed by atoms with Crippen LogP contribution in [0.1, 0.15) is 17.3 Å². The molecule has 16 heteroatoms. The van der Waals surface area contributed by atoms with Crippen molar-refractivity contribution in [2.24, 2.45) is 0 Å². The summed E-state index contributed by atoms with van der Waals surface area (Å²) < 4.78 is 14.8. The van der Waals surface area contributed by atoms with Crippen LogP contribution in [0.2, 0.25) is 29.6 Å². The van der Waals surface area contributed by atoms with Crippen molar-refractivity contribution in [3.63, 3.8) is 0 Å². The summed E-state index contributed by atoms with van der Waals surface area (Å²) in [6.45, 7) is 6.59. The van der Waals surface area contributed by atoms with Crippen molar-refractivity contribution >= 4 is 122 Å². The second-order valence-corrected chi connectivity index (χ2v) is 29.2. The van der Waals surface area contributed by atoms with Gasteiger partial charge in [0.15, 0.2) is 0 Å².